The van der Waals surface area contributed by atoms with E-state index in [-0.39, 0.29) is 11.8 Å². The molecule has 3 heteroatoms. The zero-order chi connectivity index (χ0) is 11.3. The maximum atomic E-state index is 10.1. The van der Waals surface area contributed by atoms with Crippen LogP contribution in [0.5, 0.6) is 0 Å². The number of nitrogens with one attached hydrogen (secondary N) is 1. The van der Waals surface area contributed by atoms with E-state index in [1.54, 1.807) is 0 Å². The van der Waals surface area contributed by atoms with Gasteiger partial charge in [-0.1, -0.05) is 0 Å². The topological polar surface area (TPSA) is 46.2 Å². The summed E-state index contributed by atoms with van der Waals surface area (Å²) in [7, 11) is 0. The smallest absolute Gasteiger partial charge is 0.227 e. The Kier molecular flexibility index (Phi) is 22.5. The molecule has 0 saturated carbocycles. The van der Waals surface area contributed by atoms with E-state index in [4.69, 9.17) is 0 Å². The quantitative estimate of drug-likeness (QED) is 0.460. The van der Waals surface area contributed by atoms with Crippen LogP contribution in [0.3, 0.4) is 0 Å². The lowest BCUT2D eigenvalue weighted by Crippen LogP contribution is -2.18. The van der Waals surface area contributed by atoms with Gasteiger partial charge in [0, 0.05) is 12.8 Å². The normalized spacial score (nSPS) is 11.7. The second-order valence-electron chi connectivity index (χ2n) is 1.47. The molecule has 1 fully saturated rings. The van der Waals surface area contributed by atoms with Gasteiger partial charge in [0.05, 0.1) is 0 Å². The molecular weight excluding hydrogens is 166 g/mol. The Morgan fingerprint density at radius 3 is 1.08 bits per heavy atom. The Morgan fingerprint density at radius 1 is 0.769 bits per heavy atom. The highest BCUT2D eigenvalue weighted by Gasteiger charge is 2.15. The van der Waals surface area contributed by atoms with E-state index in [1.165, 1.54) is 0 Å². The molecule has 1 saturated heterocycles. The Balaban J connectivity index is -0.000000144. The third-order valence-corrected chi connectivity index (χ3v) is 0.858. The summed E-state index contributed by atoms with van der Waals surface area (Å²) < 4.78 is 0. The average Bonchev–Trinajstić information content (AvgIpc) is 2.60. The molecule has 0 aliphatic carbocycles. The van der Waals surface area contributed by atoms with Crippen molar-refractivity contribution in [1.82, 2.24) is 5.32 Å². The van der Waals surface area contributed by atoms with Gasteiger partial charge in [0.25, 0.3) is 0 Å². The summed E-state index contributed by atoms with van der Waals surface area (Å²) in [5.74, 6) is -0.296. The van der Waals surface area contributed by atoms with Gasteiger partial charge in [-0.05, 0) is 0 Å². The Bertz CT molecular complexity index is 136. The van der Waals surface area contributed by atoms with E-state index in [1.807, 2.05) is 0 Å². The molecule has 3 nitrogen and oxygen atoms in total. The SMILES string of the molecule is C=C.C=C.C=C.O=C1CCC(=O)N1. The second-order valence-corrected chi connectivity index (χ2v) is 1.47. The molecule has 1 heterocycles. The summed E-state index contributed by atoms with van der Waals surface area (Å²) in [6, 6.07) is 0. The van der Waals surface area contributed by atoms with Crippen molar-refractivity contribution in [2.24, 2.45) is 0 Å². The largest absolute Gasteiger partial charge is 0.296 e. The predicted molar refractivity (Wildman–Crippen MR) is 56.1 cm³/mol. The Labute approximate surface area is 79.8 Å². The summed E-state index contributed by atoms with van der Waals surface area (Å²) in [5.41, 5.74) is 0. The number of rotatable bonds is 0. The molecule has 74 valence electrons. The summed E-state index contributed by atoms with van der Waals surface area (Å²) in [5, 5.41) is 2.14. The first-order chi connectivity index (χ1) is 6.29. The molecule has 0 aromatic rings. The van der Waals surface area contributed by atoms with E-state index in [0.29, 0.717) is 12.8 Å². The van der Waals surface area contributed by atoms with Crippen LogP contribution in [0.25, 0.3) is 0 Å². The number of carbonyl (C=O) groups excluding carboxylic acids is 2. The molecule has 1 aliphatic rings. The van der Waals surface area contributed by atoms with Gasteiger partial charge in [0.1, 0.15) is 0 Å². The van der Waals surface area contributed by atoms with E-state index >= 15 is 0 Å². The van der Waals surface area contributed by atoms with Crippen LogP contribution in [-0.4, -0.2) is 11.8 Å². The lowest BCUT2D eigenvalue weighted by Gasteiger charge is -1.79. The maximum Gasteiger partial charge on any atom is 0.227 e. The molecule has 1 aliphatic heterocycles. The first kappa shape index (κ1) is 17.4. The molecule has 0 atom stereocenters. The molecule has 0 bridgehead atoms. The van der Waals surface area contributed by atoms with Gasteiger partial charge in [0.2, 0.25) is 11.8 Å². The van der Waals surface area contributed by atoms with Crippen molar-refractivity contribution in [1.29, 1.82) is 0 Å². The van der Waals surface area contributed by atoms with E-state index < -0.39 is 0 Å². The van der Waals surface area contributed by atoms with Crippen LogP contribution < -0.4 is 5.32 Å². The molecule has 0 spiro atoms. The van der Waals surface area contributed by atoms with Crippen LogP contribution in [0.1, 0.15) is 12.8 Å². The van der Waals surface area contributed by atoms with Crippen molar-refractivity contribution in [3.63, 3.8) is 0 Å². The molecular formula is C10H17NO2. The lowest BCUT2D eigenvalue weighted by atomic mass is 10.4. The van der Waals surface area contributed by atoms with E-state index in [0.717, 1.165) is 0 Å². The predicted octanol–water partition coefficient (Wildman–Crippen LogP) is 1.83. The molecule has 0 aromatic carbocycles. The fraction of sp³-hybridized carbons (Fsp3) is 0.200. The third kappa shape index (κ3) is 13.4. The molecule has 1 rings (SSSR count). The number of amides is 2. The summed E-state index contributed by atoms with van der Waals surface area (Å²) in [6.07, 6.45) is 0.748. The van der Waals surface area contributed by atoms with Gasteiger partial charge < -0.3 is 0 Å². The first-order valence-electron chi connectivity index (χ1n) is 3.62. The fourth-order valence-corrected chi connectivity index (χ4v) is 0.508. The molecule has 0 radical (unpaired) electrons. The van der Waals surface area contributed by atoms with Gasteiger partial charge in [0.15, 0.2) is 0 Å². The number of hydrogen-bond acceptors (Lipinski definition) is 2. The van der Waals surface area contributed by atoms with E-state index in [2.05, 4.69) is 44.8 Å². The highest BCUT2D eigenvalue weighted by Crippen LogP contribution is 1.95. The number of hydrogen-bond donors (Lipinski definition) is 1. The standard InChI is InChI=1S/C4H5NO2.3C2H4/c6-3-1-2-4(7)5-3;3*1-2/h1-2H2,(H,5,6,7);3*1-2H2. The van der Waals surface area contributed by atoms with Gasteiger partial charge >= 0.3 is 0 Å². The van der Waals surface area contributed by atoms with Gasteiger partial charge in [-0.2, -0.15) is 0 Å². The summed E-state index contributed by atoms with van der Waals surface area (Å²) in [6.45, 7) is 18.0. The minimum Gasteiger partial charge on any atom is -0.296 e. The highest BCUT2D eigenvalue weighted by molar-refractivity contribution is 6.01. The van der Waals surface area contributed by atoms with E-state index in [9.17, 15) is 9.59 Å². The van der Waals surface area contributed by atoms with Crippen molar-refractivity contribution in [3.05, 3.63) is 39.5 Å². The van der Waals surface area contributed by atoms with Gasteiger partial charge in [-0.15, -0.1) is 39.5 Å². The van der Waals surface area contributed by atoms with Gasteiger partial charge in [-0.25, -0.2) is 0 Å². The zero-order valence-electron chi connectivity index (χ0n) is 7.97. The second kappa shape index (κ2) is 16.8. The molecule has 13 heavy (non-hydrogen) atoms. The zero-order valence-corrected chi connectivity index (χ0v) is 7.97. The summed E-state index contributed by atoms with van der Waals surface area (Å²) in [4.78, 5) is 20.2. The average molecular weight is 183 g/mol. The molecule has 1 N–H and O–H groups in total. The molecule has 0 unspecified atom stereocenters. The van der Waals surface area contributed by atoms with Crippen LogP contribution in [0.15, 0.2) is 39.5 Å². The Morgan fingerprint density at radius 2 is 1.00 bits per heavy atom. The number of carbonyl (C=O) groups is 2. The third-order valence-electron chi connectivity index (χ3n) is 0.858. The maximum absolute atomic E-state index is 10.1. The van der Waals surface area contributed by atoms with Gasteiger partial charge in [-0.3, -0.25) is 14.9 Å². The first-order valence-corrected chi connectivity index (χ1v) is 3.62. The Hall–Kier alpha value is -1.64. The molecule has 2 amide bonds. The summed E-state index contributed by atoms with van der Waals surface area (Å²) >= 11 is 0. The van der Waals surface area contributed by atoms with Crippen molar-refractivity contribution in [3.8, 4) is 0 Å². The molecule has 0 aromatic heterocycles. The minimum atomic E-state index is -0.148. The highest BCUT2D eigenvalue weighted by atomic mass is 16.2. The van der Waals surface area contributed by atoms with Crippen molar-refractivity contribution >= 4 is 11.8 Å². The van der Waals surface area contributed by atoms with Crippen LogP contribution in [0.2, 0.25) is 0 Å². The fourth-order valence-electron chi connectivity index (χ4n) is 0.508. The minimum absolute atomic E-state index is 0.148. The monoisotopic (exact) mass is 183 g/mol. The van der Waals surface area contributed by atoms with Crippen molar-refractivity contribution < 1.29 is 9.59 Å². The van der Waals surface area contributed by atoms with Crippen molar-refractivity contribution in [2.45, 2.75) is 12.8 Å². The number of imide groups is 1. The van der Waals surface area contributed by atoms with Crippen LogP contribution in [-0.2, 0) is 9.59 Å². The van der Waals surface area contributed by atoms with Crippen LogP contribution >= 0.6 is 0 Å². The van der Waals surface area contributed by atoms with Crippen LogP contribution in [0, 0.1) is 0 Å². The lowest BCUT2D eigenvalue weighted by molar-refractivity contribution is -0.124. The van der Waals surface area contributed by atoms with Crippen molar-refractivity contribution in [2.75, 3.05) is 0 Å². The van der Waals surface area contributed by atoms with Crippen LogP contribution in [0.4, 0.5) is 0 Å².